The number of rotatable bonds is 5. The van der Waals surface area contributed by atoms with Crippen LogP contribution in [0.4, 0.5) is 11.9 Å². The van der Waals surface area contributed by atoms with E-state index in [1.165, 1.54) is 12.1 Å². The first-order valence-electron chi connectivity index (χ1n) is 10.2. The molecule has 0 saturated heterocycles. The number of nitrogens with zero attached hydrogens (tertiary/aromatic N) is 4. The van der Waals surface area contributed by atoms with Crippen molar-refractivity contribution in [1.29, 1.82) is 0 Å². The maximum Gasteiger partial charge on any atom is 0.264 e. The molecule has 4 aromatic rings. The minimum absolute atomic E-state index is 0.000901. The van der Waals surface area contributed by atoms with Crippen LogP contribution in [-0.2, 0) is 10.0 Å². The van der Waals surface area contributed by atoms with Gasteiger partial charge in [-0.15, -0.1) is 5.10 Å². The number of sulfonamides is 1. The van der Waals surface area contributed by atoms with E-state index in [9.17, 15) is 8.42 Å². The first kappa shape index (κ1) is 20.1. The summed E-state index contributed by atoms with van der Waals surface area (Å²) in [4.78, 5) is 9.26. The van der Waals surface area contributed by atoms with Crippen LogP contribution in [0.15, 0.2) is 94.8 Å². The van der Waals surface area contributed by atoms with Gasteiger partial charge >= 0.3 is 0 Å². The first-order valence-corrected chi connectivity index (χ1v) is 11.7. The van der Waals surface area contributed by atoms with E-state index in [-0.39, 0.29) is 16.9 Å². The van der Waals surface area contributed by atoms with Crippen molar-refractivity contribution in [2.24, 2.45) is 4.99 Å². The Morgan fingerprint density at radius 2 is 1.56 bits per heavy atom. The largest absolute Gasteiger partial charge is 0.264 e. The van der Waals surface area contributed by atoms with Crippen LogP contribution in [0.2, 0.25) is 0 Å². The smallest absolute Gasteiger partial charge is 0.246 e. The quantitative estimate of drug-likeness (QED) is 0.492. The molecule has 0 bridgehead atoms. The number of benzene rings is 3. The molecule has 1 atom stereocenters. The van der Waals surface area contributed by atoms with Crippen LogP contribution < -0.4 is 4.72 Å². The number of anilines is 1. The Balaban J connectivity index is 1.56. The standard InChI is InChI=1S/C24H21N5O2S/c1-17-12-14-19(15-13-17)22-16-21(18-8-4-2-5-9-18)25-24-26-23(27-29(22)24)28-32(30,31)20-10-6-3-7-11-20/h2-15,22H,16H2,1H3,(H,27,28). The number of aliphatic imine (C=N–C) groups is 1. The van der Waals surface area contributed by atoms with Crippen LogP contribution in [0.5, 0.6) is 0 Å². The lowest BCUT2D eigenvalue weighted by molar-refractivity contribution is 0.532. The molecule has 7 nitrogen and oxygen atoms in total. The molecule has 0 fully saturated rings. The number of hydrogen-bond acceptors (Lipinski definition) is 5. The third kappa shape index (κ3) is 3.92. The van der Waals surface area contributed by atoms with E-state index >= 15 is 0 Å². The van der Waals surface area contributed by atoms with Gasteiger partial charge in [-0.3, -0.25) is 0 Å². The van der Waals surface area contributed by atoms with E-state index in [1.807, 2.05) is 37.3 Å². The highest BCUT2D eigenvalue weighted by molar-refractivity contribution is 7.92. The summed E-state index contributed by atoms with van der Waals surface area (Å²) >= 11 is 0. The summed E-state index contributed by atoms with van der Waals surface area (Å²) in [6.07, 6.45) is 0.619. The minimum atomic E-state index is -3.80. The van der Waals surface area contributed by atoms with Crippen molar-refractivity contribution in [3.63, 3.8) is 0 Å². The zero-order valence-electron chi connectivity index (χ0n) is 17.4. The Morgan fingerprint density at radius 3 is 2.25 bits per heavy atom. The summed E-state index contributed by atoms with van der Waals surface area (Å²) in [6, 6.07) is 26.2. The van der Waals surface area contributed by atoms with Gasteiger partial charge in [-0.2, -0.15) is 4.98 Å². The summed E-state index contributed by atoms with van der Waals surface area (Å²) in [6.45, 7) is 2.04. The van der Waals surface area contributed by atoms with Crippen LogP contribution in [0, 0.1) is 6.92 Å². The van der Waals surface area contributed by atoms with Gasteiger partial charge in [-0.25, -0.2) is 22.8 Å². The summed E-state index contributed by atoms with van der Waals surface area (Å²) in [5.74, 6) is 0.366. The first-order chi connectivity index (χ1) is 15.5. The molecule has 1 N–H and O–H groups in total. The molecule has 0 saturated carbocycles. The van der Waals surface area contributed by atoms with E-state index in [0.29, 0.717) is 12.4 Å². The van der Waals surface area contributed by atoms with Gasteiger partial charge in [0.05, 0.1) is 16.6 Å². The predicted molar refractivity (Wildman–Crippen MR) is 124 cm³/mol. The van der Waals surface area contributed by atoms with E-state index in [4.69, 9.17) is 4.99 Å². The fourth-order valence-corrected chi connectivity index (χ4v) is 4.68. The van der Waals surface area contributed by atoms with Crippen molar-refractivity contribution >= 4 is 27.6 Å². The van der Waals surface area contributed by atoms with Crippen molar-refractivity contribution < 1.29 is 8.42 Å². The molecule has 1 unspecified atom stereocenters. The lowest BCUT2D eigenvalue weighted by atomic mass is 9.95. The highest BCUT2D eigenvalue weighted by atomic mass is 32.2. The molecule has 5 rings (SSSR count). The van der Waals surface area contributed by atoms with Gasteiger partial charge in [-0.1, -0.05) is 78.4 Å². The number of aromatic nitrogens is 3. The maximum atomic E-state index is 12.8. The van der Waals surface area contributed by atoms with Crippen LogP contribution >= 0.6 is 0 Å². The fourth-order valence-electron chi connectivity index (χ4n) is 3.72. The topological polar surface area (TPSA) is 89.2 Å². The van der Waals surface area contributed by atoms with Crippen LogP contribution in [0.3, 0.4) is 0 Å². The molecule has 3 aromatic carbocycles. The predicted octanol–water partition coefficient (Wildman–Crippen LogP) is 4.50. The van der Waals surface area contributed by atoms with Gasteiger partial charge < -0.3 is 0 Å². The fraction of sp³-hybridized carbons (Fsp3) is 0.125. The summed E-state index contributed by atoms with van der Waals surface area (Å²) in [7, 11) is -3.80. The Labute approximate surface area is 186 Å². The van der Waals surface area contributed by atoms with Crippen molar-refractivity contribution in [3.8, 4) is 0 Å². The monoisotopic (exact) mass is 443 g/mol. The molecule has 32 heavy (non-hydrogen) atoms. The summed E-state index contributed by atoms with van der Waals surface area (Å²) in [5, 5.41) is 4.48. The Hall–Kier alpha value is -3.78. The van der Waals surface area contributed by atoms with E-state index < -0.39 is 10.0 Å². The molecule has 1 aliphatic heterocycles. The zero-order valence-corrected chi connectivity index (χ0v) is 18.2. The third-order valence-corrected chi connectivity index (χ3v) is 6.72. The second-order valence-electron chi connectivity index (χ2n) is 7.65. The minimum Gasteiger partial charge on any atom is -0.246 e. The molecule has 1 aromatic heterocycles. The van der Waals surface area contributed by atoms with Crippen molar-refractivity contribution in [2.75, 3.05) is 4.72 Å². The SMILES string of the molecule is Cc1ccc(C2CC(c3ccccc3)=Nc3nc(NS(=O)(=O)c4ccccc4)nn32)cc1. The number of aryl methyl sites for hydroxylation is 1. The number of hydrogen-bond donors (Lipinski definition) is 1. The molecule has 2 heterocycles. The molecule has 0 amide bonds. The molecular weight excluding hydrogens is 422 g/mol. The van der Waals surface area contributed by atoms with Gasteiger partial charge in [0, 0.05) is 6.42 Å². The highest BCUT2D eigenvalue weighted by Crippen LogP contribution is 2.34. The second kappa shape index (κ2) is 8.05. The highest BCUT2D eigenvalue weighted by Gasteiger charge is 2.28. The molecule has 0 spiro atoms. The van der Waals surface area contributed by atoms with Crippen molar-refractivity contribution in [2.45, 2.75) is 24.3 Å². The third-order valence-electron chi connectivity index (χ3n) is 5.38. The molecular formula is C24H21N5O2S. The maximum absolute atomic E-state index is 12.8. The molecule has 160 valence electrons. The van der Waals surface area contributed by atoms with Gasteiger partial charge in [0.1, 0.15) is 0 Å². The zero-order chi connectivity index (χ0) is 22.1. The summed E-state index contributed by atoms with van der Waals surface area (Å²) < 4.78 is 29.7. The Morgan fingerprint density at radius 1 is 0.906 bits per heavy atom. The Bertz CT molecular complexity index is 1380. The summed E-state index contributed by atoms with van der Waals surface area (Å²) in [5.41, 5.74) is 4.11. The average Bonchev–Trinajstić information content (AvgIpc) is 3.22. The normalized spacial score (nSPS) is 15.7. The van der Waals surface area contributed by atoms with Crippen LogP contribution in [0.25, 0.3) is 0 Å². The van der Waals surface area contributed by atoms with Crippen molar-refractivity contribution in [3.05, 3.63) is 102 Å². The number of fused-ring (bicyclic) bond motifs is 1. The van der Waals surface area contributed by atoms with Gasteiger partial charge in [0.25, 0.3) is 21.9 Å². The van der Waals surface area contributed by atoms with Gasteiger partial charge in [-0.05, 0) is 30.2 Å². The van der Waals surface area contributed by atoms with E-state index in [0.717, 1.165) is 22.4 Å². The van der Waals surface area contributed by atoms with Crippen LogP contribution in [-0.4, -0.2) is 28.9 Å². The lowest BCUT2D eigenvalue weighted by Gasteiger charge is -2.23. The molecule has 0 radical (unpaired) electrons. The lowest BCUT2D eigenvalue weighted by Crippen LogP contribution is -2.21. The molecule has 1 aliphatic rings. The van der Waals surface area contributed by atoms with Gasteiger partial charge in [0.15, 0.2) is 0 Å². The molecule has 8 heteroatoms. The van der Waals surface area contributed by atoms with E-state index in [2.05, 4.69) is 39.1 Å². The second-order valence-corrected chi connectivity index (χ2v) is 9.34. The van der Waals surface area contributed by atoms with Crippen molar-refractivity contribution in [1.82, 2.24) is 14.8 Å². The Kier molecular flexibility index (Phi) is 5.07. The van der Waals surface area contributed by atoms with Crippen LogP contribution in [0.1, 0.15) is 29.2 Å². The average molecular weight is 444 g/mol. The van der Waals surface area contributed by atoms with Gasteiger partial charge in [0.2, 0.25) is 0 Å². The number of nitrogens with one attached hydrogen (secondary N) is 1. The molecule has 0 aliphatic carbocycles. The van der Waals surface area contributed by atoms with E-state index in [1.54, 1.807) is 22.9 Å².